The summed E-state index contributed by atoms with van der Waals surface area (Å²) < 4.78 is 16.0. The number of anilines is 3. The molecule has 0 saturated carbocycles. The van der Waals surface area contributed by atoms with Crippen molar-refractivity contribution in [3.05, 3.63) is 29.6 Å². The van der Waals surface area contributed by atoms with Crippen LogP contribution in [0.15, 0.2) is 18.2 Å². The van der Waals surface area contributed by atoms with Crippen molar-refractivity contribution in [2.45, 2.75) is 13.8 Å². The Kier molecular flexibility index (Phi) is 6.15. The highest BCUT2D eigenvalue weighted by atomic mass is 16.5. The Morgan fingerprint density at radius 2 is 1.75 bits per heavy atom. The maximum Gasteiger partial charge on any atom is 0.323 e. The fraction of sp³-hybridized carbons (Fsp3) is 0.421. The monoisotopic (exact) mass is 387 g/mol. The highest BCUT2D eigenvalue weighted by molar-refractivity contribution is 6.01. The molecule has 1 aromatic heterocycles. The molecule has 28 heavy (non-hydrogen) atoms. The number of morpholine rings is 1. The van der Waals surface area contributed by atoms with Crippen molar-refractivity contribution >= 4 is 23.4 Å². The summed E-state index contributed by atoms with van der Waals surface area (Å²) in [6.07, 6.45) is 0. The van der Waals surface area contributed by atoms with Crippen LogP contribution in [0.25, 0.3) is 0 Å². The van der Waals surface area contributed by atoms with Gasteiger partial charge in [0.05, 0.1) is 50.2 Å². The van der Waals surface area contributed by atoms with Crippen molar-refractivity contribution < 1.29 is 19.0 Å². The van der Waals surface area contributed by atoms with E-state index in [2.05, 4.69) is 25.5 Å². The van der Waals surface area contributed by atoms with Crippen molar-refractivity contribution in [1.82, 2.24) is 9.97 Å². The fourth-order valence-corrected chi connectivity index (χ4v) is 3.04. The minimum absolute atomic E-state index is 0.416. The number of aryl methyl sites for hydroxylation is 2. The number of para-hydroxylation sites is 1. The number of benzene rings is 1. The van der Waals surface area contributed by atoms with E-state index in [4.69, 9.17) is 14.2 Å². The van der Waals surface area contributed by atoms with E-state index in [1.165, 1.54) is 7.11 Å². The van der Waals surface area contributed by atoms with Gasteiger partial charge in [0.2, 0.25) is 5.95 Å². The van der Waals surface area contributed by atoms with Crippen LogP contribution in [0.5, 0.6) is 11.5 Å². The summed E-state index contributed by atoms with van der Waals surface area (Å²) in [6, 6.07) is 4.85. The number of nitrogens with zero attached hydrogens (tertiary/aromatic N) is 3. The number of carbonyl (C=O) groups is 1. The van der Waals surface area contributed by atoms with Crippen molar-refractivity contribution in [2.75, 3.05) is 56.1 Å². The van der Waals surface area contributed by atoms with Gasteiger partial charge in [0.25, 0.3) is 0 Å². The first-order valence-corrected chi connectivity index (χ1v) is 9.00. The molecule has 0 radical (unpaired) electrons. The molecular formula is C19H25N5O4. The van der Waals surface area contributed by atoms with Crippen molar-refractivity contribution in [1.29, 1.82) is 0 Å². The second kappa shape index (κ2) is 8.75. The summed E-state index contributed by atoms with van der Waals surface area (Å²) in [5.41, 5.74) is 2.47. The Morgan fingerprint density at radius 3 is 2.36 bits per heavy atom. The van der Waals surface area contributed by atoms with E-state index in [9.17, 15) is 4.79 Å². The number of rotatable bonds is 5. The number of carbonyl (C=O) groups excluding carboxylic acids is 1. The van der Waals surface area contributed by atoms with E-state index in [1.54, 1.807) is 25.3 Å². The predicted molar refractivity (Wildman–Crippen MR) is 107 cm³/mol. The van der Waals surface area contributed by atoms with Crippen molar-refractivity contribution in [3.63, 3.8) is 0 Å². The maximum atomic E-state index is 12.5. The second-order valence-electron chi connectivity index (χ2n) is 6.29. The third kappa shape index (κ3) is 4.25. The Hall–Kier alpha value is -3.07. The van der Waals surface area contributed by atoms with Gasteiger partial charge >= 0.3 is 6.03 Å². The zero-order valence-corrected chi connectivity index (χ0v) is 16.5. The van der Waals surface area contributed by atoms with Gasteiger partial charge in [-0.25, -0.2) is 14.8 Å². The average Bonchev–Trinajstić information content (AvgIpc) is 2.71. The number of nitrogens with one attached hydrogen (secondary N) is 2. The number of hydrogen-bond donors (Lipinski definition) is 2. The van der Waals surface area contributed by atoms with E-state index in [0.29, 0.717) is 53.4 Å². The Balaban J connectivity index is 1.75. The third-order valence-corrected chi connectivity index (χ3v) is 4.44. The zero-order valence-electron chi connectivity index (χ0n) is 16.5. The Morgan fingerprint density at radius 1 is 1.07 bits per heavy atom. The molecule has 1 aliphatic rings. The van der Waals surface area contributed by atoms with Gasteiger partial charge in [-0.3, -0.25) is 0 Å². The smallest absolute Gasteiger partial charge is 0.323 e. The molecule has 2 heterocycles. The van der Waals surface area contributed by atoms with Crippen LogP contribution in [0.1, 0.15) is 11.4 Å². The number of ether oxygens (including phenoxy) is 3. The van der Waals surface area contributed by atoms with Crippen LogP contribution in [-0.4, -0.2) is 56.5 Å². The molecular weight excluding hydrogens is 362 g/mol. The number of urea groups is 1. The van der Waals surface area contributed by atoms with Crippen LogP contribution in [0, 0.1) is 13.8 Å². The van der Waals surface area contributed by atoms with Gasteiger partial charge in [0.15, 0.2) is 11.5 Å². The minimum atomic E-state index is -0.416. The average molecular weight is 387 g/mol. The number of methoxy groups -OCH3 is 2. The summed E-state index contributed by atoms with van der Waals surface area (Å²) >= 11 is 0. The van der Waals surface area contributed by atoms with E-state index >= 15 is 0 Å². The minimum Gasteiger partial charge on any atom is -0.493 e. The molecule has 2 N–H and O–H groups in total. The first kappa shape index (κ1) is 19.7. The fourth-order valence-electron chi connectivity index (χ4n) is 3.04. The molecule has 9 heteroatoms. The SMILES string of the molecule is COc1cccc(NC(=O)Nc2c(C)nc(N3CCOCC3)nc2C)c1OC. The lowest BCUT2D eigenvalue weighted by atomic mass is 10.2. The molecule has 1 aromatic carbocycles. The highest BCUT2D eigenvalue weighted by Crippen LogP contribution is 2.34. The lowest BCUT2D eigenvalue weighted by molar-refractivity contribution is 0.122. The predicted octanol–water partition coefficient (Wildman–Crippen LogP) is 2.59. The molecule has 1 aliphatic heterocycles. The Bertz CT molecular complexity index is 829. The van der Waals surface area contributed by atoms with Crippen LogP contribution >= 0.6 is 0 Å². The van der Waals surface area contributed by atoms with Crippen LogP contribution in [0.2, 0.25) is 0 Å². The van der Waals surface area contributed by atoms with Gasteiger partial charge in [-0.15, -0.1) is 0 Å². The highest BCUT2D eigenvalue weighted by Gasteiger charge is 2.18. The second-order valence-corrected chi connectivity index (χ2v) is 6.29. The molecule has 0 unspecified atom stereocenters. The molecule has 0 atom stereocenters. The Labute approximate surface area is 164 Å². The molecule has 1 fully saturated rings. The maximum absolute atomic E-state index is 12.5. The molecule has 3 rings (SSSR count). The molecule has 0 aliphatic carbocycles. The normalized spacial score (nSPS) is 13.8. The molecule has 2 aromatic rings. The lowest BCUT2D eigenvalue weighted by Crippen LogP contribution is -2.37. The molecule has 150 valence electrons. The van der Waals surface area contributed by atoms with Crippen LogP contribution in [0.4, 0.5) is 22.1 Å². The first-order chi connectivity index (χ1) is 13.5. The number of amides is 2. The van der Waals surface area contributed by atoms with E-state index in [0.717, 1.165) is 13.1 Å². The molecule has 2 amide bonds. The number of hydrogen-bond acceptors (Lipinski definition) is 7. The zero-order chi connectivity index (χ0) is 20.1. The van der Waals surface area contributed by atoms with E-state index in [-0.39, 0.29) is 0 Å². The summed E-state index contributed by atoms with van der Waals surface area (Å²) in [6.45, 7) is 6.52. The number of aromatic nitrogens is 2. The van der Waals surface area contributed by atoms with Gasteiger partial charge in [-0.05, 0) is 26.0 Å². The molecule has 0 spiro atoms. The largest absolute Gasteiger partial charge is 0.493 e. The van der Waals surface area contributed by atoms with Crippen molar-refractivity contribution in [2.24, 2.45) is 0 Å². The molecule has 9 nitrogen and oxygen atoms in total. The van der Waals surface area contributed by atoms with Gasteiger partial charge in [-0.2, -0.15) is 0 Å². The summed E-state index contributed by atoms with van der Waals surface area (Å²) in [5, 5.41) is 5.61. The standard InChI is InChI=1S/C19H25N5O4/c1-12-16(13(2)21-18(20-12)24-8-10-28-11-9-24)23-19(25)22-14-6-5-7-15(26-3)17(14)27-4/h5-7H,8-11H2,1-4H3,(H2,22,23,25). The lowest BCUT2D eigenvalue weighted by Gasteiger charge is -2.27. The van der Waals surface area contributed by atoms with Crippen LogP contribution < -0.4 is 25.0 Å². The third-order valence-electron chi connectivity index (χ3n) is 4.44. The van der Waals surface area contributed by atoms with Crippen molar-refractivity contribution in [3.8, 4) is 11.5 Å². The topological polar surface area (TPSA) is 97.8 Å². The van der Waals surface area contributed by atoms with E-state index < -0.39 is 6.03 Å². The summed E-state index contributed by atoms with van der Waals surface area (Å²) in [4.78, 5) is 23.7. The molecule has 0 bridgehead atoms. The summed E-state index contributed by atoms with van der Waals surface area (Å²) in [7, 11) is 3.06. The van der Waals surface area contributed by atoms with Gasteiger partial charge in [0, 0.05) is 13.1 Å². The van der Waals surface area contributed by atoms with Gasteiger partial charge in [0.1, 0.15) is 0 Å². The summed E-state index contributed by atoms with van der Waals surface area (Å²) in [5.74, 6) is 1.64. The quantitative estimate of drug-likeness (QED) is 0.814. The van der Waals surface area contributed by atoms with Crippen LogP contribution in [-0.2, 0) is 4.74 Å². The van der Waals surface area contributed by atoms with E-state index in [1.807, 2.05) is 13.8 Å². The first-order valence-electron chi connectivity index (χ1n) is 9.00. The van der Waals surface area contributed by atoms with Gasteiger partial charge < -0.3 is 29.7 Å². The van der Waals surface area contributed by atoms with Gasteiger partial charge in [-0.1, -0.05) is 6.07 Å². The molecule has 1 saturated heterocycles. The van der Waals surface area contributed by atoms with Crippen LogP contribution in [0.3, 0.4) is 0 Å².